The maximum absolute atomic E-state index is 11.6. The van der Waals surface area contributed by atoms with Crippen LogP contribution in [0.3, 0.4) is 0 Å². The monoisotopic (exact) mass is 243 g/mol. The molecule has 0 aliphatic rings. The Morgan fingerprint density at radius 1 is 1.29 bits per heavy atom. The molecule has 0 aliphatic heterocycles. The van der Waals surface area contributed by atoms with Gasteiger partial charge >= 0.3 is 5.97 Å². The van der Waals surface area contributed by atoms with Crippen molar-refractivity contribution in [1.29, 1.82) is 0 Å². The van der Waals surface area contributed by atoms with Gasteiger partial charge in [-0.25, -0.2) is 4.79 Å². The number of carbonyl (C=O) groups is 2. The zero-order valence-electron chi connectivity index (χ0n) is 11.5. The first-order chi connectivity index (χ1) is 7.65. The van der Waals surface area contributed by atoms with Gasteiger partial charge in [0.1, 0.15) is 6.04 Å². The molecule has 2 N–H and O–H groups in total. The first kappa shape index (κ1) is 15.9. The molecule has 1 unspecified atom stereocenters. The molecule has 0 saturated carbocycles. The third-order valence-electron chi connectivity index (χ3n) is 2.54. The summed E-state index contributed by atoms with van der Waals surface area (Å²) in [5.41, 5.74) is 0.191. The van der Waals surface area contributed by atoms with Crippen LogP contribution in [0.2, 0.25) is 0 Å². The lowest BCUT2D eigenvalue weighted by Gasteiger charge is -2.23. The fraction of sp³-hybridized carbons (Fsp3) is 0.846. The third kappa shape index (κ3) is 7.77. The van der Waals surface area contributed by atoms with Crippen LogP contribution in [-0.2, 0) is 9.59 Å². The molecule has 2 atom stereocenters. The van der Waals surface area contributed by atoms with Crippen LogP contribution < -0.4 is 5.32 Å². The molecule has 1 amide bonds. The average Bonchev–Trinajstić information content (AvgIpc) is 2.09. The lowest BCUT2D eigenvalue weighted by Crippen LogP contribution is -2.40. The smallest absolute Gasteiger partial charge is 0.326 e. The molecule has 0 rings (SSSR count). The highest BCUT2D eigenvalue weighted by atomic mass is 16.4. The van der Waals surface area contributed by atoms with Crippen molar-refractivity contribution in [3.05, 3.63) is 0 Å². The minimum absolute atomic E-state index is 0.170. The fourth-order valence-electron chi connectivity index (χ4n) is 2.03. The van der Waals surface area contributed by atoms with E-state index < -0.39 is 12.0 Å². The summed E-state index contributed by atoms with van der Waals surface area (Å²) in [4.78, 5) is 22.4. The molecule has 0 aliphatic carbocycles. The number of aliphatic carboxylic acids is 1. The van der Waals surface area contributed by atoms with Crippen molar-refractivity contribution < 1.29 is 14.7 Å². The van der Waals surface area contributed by atoms with Crippen molar-refractivity contribution >= 4 is 11.9 Å². The van der Waals surface area contributed by atoms with Gasteiger partial charge in [0, 0.05) is 6.42 Å². The molecule has 0 heterocycles. The van der Waals surface area contributed by atoms with Gasteiger partial charge in [-0.3, -0.25) is 4.79 Å². The van der Waals surface area contributed by atoms with Crippen LogP contribution in [0.5, 0.6) is 0 Å². The molecule has 0 spiro atoms. The third-order valence-corrected chi connectivity index (χ3v) is 2.54. The van der Waals surface area contributed by atoms with E-state index in [-0.39, 0.29) is 17.2 Å². The van der Waals surface area contributed by atoms with Crippen molar-refractivity contribution in [2.75, 3.05) is 0 Å². The Balaban J connectivity index is 4.13. The van der Waals surface area contributed by atoms with E-state index in [2.05, 4.69) is 26.1 Å². The predicted octanol–water partition coefficient (Wildman–Crippen LogP) is 2.43. The maximum Gasteiger partial charge on any atom is 0.326 e. The van der Waals surface area contributed by atoms with Crippen molar-refractivity contribution in [2.45, 2.75) is 59.9 Å². The molecule has 0 bridgehead atoms. The molecule has 0 aromatic heterocycles. The van der Waals surface area contributed by atoms with Gasteiger partial charge in [-0.15, -0.1) is 0 Å². The Bertz CT molecular complexity index is 268. The normalized spacial score (nSPS) is 15.1. The Labute approximate surface area is 104 Å². The topological polar surface area (TPSA) is 66.4 Å². The number of hydrogen-bond donors (Lipinski definition) is 2. The zero-order chi connectivity index (χ0) is 13.6. The van der Waals surface area contributed by atoms with E-state index in [4.69, 9.17) is 5.11 Å². The molecule has 4 nitrogen and oxygen atoms in total. The zero-order valence-corrected chi connectivity index (χ0v) is 11.5. The standard InChI is InChI=1S/C13H25NO3/c1-6-10(12(16)17)14-11(15)7-9(2)8-13(3,4)5/h9-10H,6-8H2,1-5H3,(H,14,15)(H,16,17)/t9?,10-/m1/s1. The highest BCUT2D eigenvalue weighted by Crippen LogP contribution is 2.25. The number of amides is 1. The minimum atomic E-state index is -0.968. The average molecular weight is 243 g/mol. The van der Waals surface area contributed by atoms with Crippen molar-refractivity contribution in [2.24, 2.45) is 11.3 Å². The molecule has 100 valence electrons. The van der Waals surface area contributed by atoms with Crippen molar-refractivity contribution in [3.63, 3.8) is 0 Å². The summed E-state index contributed by atoms with van der Waals surface area (Å²) in [6.45, 7) is 10.2. The summed E-state index contributed by atoms with van der Waals surface area (Å²) in [7, 11) is 0. The Morgan fingerprint density at radius 3 is 2.18 bits per heavy atom. The van der Waals surface area contributed by atoms with Gasteiger partial charge in [0.05, 0.1) is 0 Å². The highest BCUT2D eigenvalue weighted by Gasteiger charge is 2.21. The first-order valence-electron chi connectivity index (χ1n) is 6.18. The van der Waals surface area contributed by atoms with E-state index >= 15 is 0 Å². The number of carboxylic acid groups (broad SMARTS) is 1. The van der Waals surface area contributed by atoms with E-state index in [9.17, 15) is 9.59 Å². The van der Waals surface area contributed by atoms with Crippen LogP contribution in [-0.4, -0.2) is 23.0 Å². The summed E-state index contributed by atoms with van der Waals surface area (Å²) in [6, 6.07) is -0.760. The lowest BCUT2D eigenvalue weighted by atomic mass is 9.84. The summed E-state index contributed by atoms with van der Waals surface area (Å²) < 4.78 is 0. The quantitative estimate of drug-likeness (QED) is 0.753. The van der Waals surface area contributed by atoms with Crippen LogP contribution >= 0.6 is 0 Å². The van der Waals surface area contributed by atoms with E-state index in [1.54, 1.807) is 6.92 Å². The van der Waals surface area contributed by atoms with Gasteiger partial charge in [-0.2, -0.15) is 0 Å². The van der Waals surface area contributed by atoms with Crippen molar-refractivity contribution in [1.82, 2.24) is 5.32 Å². The largest absolute Gasteiger partial charge is 0.480 e. The summed E-state index contributed by atoms with van der Waals surface area (Å²) in [5.74, 6) is -0.873. The number of nitrogens with one attached hydrogen (secondary N) is 1. The molecule has 0 aromatic carbocycles. The van der Waals surface area contributed by atoms with Crippen LogP contribution in [0.1, 0.15) is 53.9 Å². The minimum Gasteiger partial charge on any atom is -0.480 e. The molecule has 0 fully saturated rings. The van der Waals surface area contributed by atoms with E-state index in [1.807, 2.05) is 6.92 Å². The van der Waals surface area contributed by atoms with Gasteiger partial charge in [0.15, 0.2) is 0 Å². The fourth-order valence-corrected chi connectivity index (χ4v) is 2.03. The number of rotatable bonds is 6. The summed E-state index contributed by atoms with van der Waals surface area (Å²) in [5, 5.41) is 11.4. The van der Waals surface area contributed by atoms with Crippen LogP contribution in [0, 0.1) is 11.3 Å². The second-order valence-electron chi connectivity index (χ2n) is 5.94. The Hall–Kier alpha value is -1.06. The second kappa shape index (κ2) is 6.62. The van der Waals surface area contributed by atoms with Crippen LogP contribution in [0.4, 0.5) is 0 Å². The summed E-state index contributed by atoms with van der Waals surface area (Å²) >= 11 is 0. The molecule has 0 radical (unpaired) electrons. The van der Waals surface area contributed by atoms with E-state index in [0.29, 0.717) is 12.8 Å². The van der Waals surface area contributed by atoms with E-state index in [1.165, 1.54) is 0 Å². The Kier molecular flexibility index (Phi) is 6.21. The second-order valence-corrected chi connectivity index (χ2v) is 5.94. The molecule has 17 heavy (non-hydrogen) atoms. The van der Waals surface area contributed by atoms with Crippen molar-refractivity contribution in [3.8, 4) is 0 Å². The number of carboxylic acids is 1. The highest BCUT2D eigenvalue weighted by molar-refractivity contribution is 5.83. The molecule has 0 aromatic rings. The van der Waals surface area contributed by atoms with E-state index in [0.717, 1.165) is 6.42 Å². The number of carbonyl (C=O) groups excluding carboxylic acids is 1. The van der Waals surface area contributed by atoms with Gasteiger partial charge < -0.3 is 10.4 Å². The van der Waals surface area contributed by atoms with Gasteiger partial charge in [0.25, 0.3) is 0 Å². The van der Waals surface area contributed by atoms with Crippen LogP contribution in [0.25, 0.3) is 0 Å². The molecule has 4 heteroatoms. The lowest BCUT2D eigenvalue weighted by molar-refractivity contribution is -0.142. The molecular formula is C13H25NO3. The first-order valence-corrected chi connectivity index (χ1v) is 6.18. The van der Waals surface area contributed by atoms with Gasteiger partial charge in [-0.1, -0.05) is 34.6 Å². The SMILES string of the molecule is CC[C@@H](NC(=O)CC(C)CC(C)(C)C)C(=O)O. The van der Waals surface area contributed by atoms with Crippen LogP contribution in [0.15, 0.2) is 0 Å². The summed E-state index contributed by atoms with van der Waals surface area (Å²) in [6.07, 6.45) is 1.75. The number of hydrogen-bond acceptors (Lipinski definition) is 2. The molecule has 0 saturated heterocycles. The Morgan fingerprint density at radius 2 is 1.82 bits per heavy atom. The van der Waals surface area contributed by atoms with Gasteiger partial charge in [-0.05, 0) is 24.2 Å². The van der Waals surface area contributed by atoms with Gasteiger partial charge in [0.2, 0.25) is 5.91 Å². The maximum atomic E-state index is 11.6. The predicted molar refractivity (Wildman–Crippen MR) is 67.7 cm³/mol. The molecular weight excluding hydrogens is 218 g/mol.